The number of aliphatic carboxylic acids is 1. The molecule has 0 spiro atoms. The van der Waals surface area contributed by atoms with Crippen LogP contribution in [0, 0.1) is 17.8 Å². The highest BCUT2D eigenvalue weighted by Crippen LogP contribution is 2.28. The number of hydrogen-bond acceptors (Lipinski definition) is 2. The van der Waals surface area contributed by atoms with Crippen molar-refractivity contribution in [1.29, 1.82) is 0 Å². The summed E-state index contributed by atoms with van der Waals surface area (Å²) in [6.45, 7) is 6.08. The monoisotopic (exact) mass is 255 g/mol. The molecule has 1 fully saturated rings. The molecule has 0 radical (unpaired) electrons. The minimum absolute atomic E-state index is 0.00256. The number of rotatable bonds is 5. The van der Waals surface area contributed by atoms with E-state index >= 15 is 0 Å². The van der Waals surface area contributed by atoms with Gasteiger partial charge in [-0.2, -0.15) is 0 Å². The Hall–Kier alpha value is -1.06. The van der Waals surface area contributed by atoms with Gasteiger partial charge in [0.15, 0.2) is 0 Å². The second-order valence-corrected chi connectivity index (χ2v) is 6.00. The topological polar surface area (TPSA) is 66.4 Å². The lowest BCUT2D eigenvalue weighted by molar-refractivity contribution is -0.143. The van der Waals surface area contributed by atoms with Gasteiger partial charge in [-0.15, -0.1) is 0 Å². The molecule has 0 aromatic heterocycles. The zero-order valence-electron chi connectivity index (χ0n) is 11.6. The van der Waals surface area contributed by atoms with Crippen LogP contribution in [0.2, 0.25) is 0 Å². The Balaban J connectivity index is 2.52. The molecule has 0 aliphatic heterocycles. The van der Waals surface area contributed by atoms with Crippen LogP contribution in [0.3, 0.4) is 0 Å². The van der Waals surface area contributed by atoms with Crippen molar-refractivity contribution in [2.24, 2.45) is 17.8 Å². The molecule has 0 aromatic rings. The molecule has 0 aromatic carbocycles. The number of hydrogen-bond donors (Lipinski definition) is 2. The molecule has 3 atom stereocenters. The Morgan fingerprint density at radius 2 is 2.00 bits per heavy atom. The molecule has 1 aliphatic carbocycles. The number of carbonyl (C=O) groups is 2. The van der Waals surface area contributed by atoms with E-state index < -0.39 is 12.0 Å². The van der Waals surface area contributed by atoms with E-state index in [4.69, 9.17) is 5.11 Å². The first-order valence-electron chi connectivity index (χ1n) is 6.93. The highest BCUT2D eigenvalue weighted by molar-refractivity contribution is 5.85. The van der Waals surface area contributed by atoms with Gasteiger partial charge in [0.05, 0.1) is 0 Å². The summed E-state index contributed by atoms with van der Waals surface area (Å²) < 4.78 is 0. The van der Waals surface area contributed by atoms with Crippen LogP contribution in [-0.4, -0.2) is 23.0 Å². The molecule has 18 heavy (non-hydrogen) atoms. The van der Waals surface area contributed by atoms with Crippen LogP contribution in [0.1, 0.15) is 52.9 Å². The number of carboxylic acids is 1. The summed E-state index contributed by atoms with van der Waals surface area (Å²) in [7, 11) is 0. The fourth-order valence-corrected chi connectivity index (χ4v) is 2.65. The van der Waals surface area contributed by atoms with Gasteiger partial charge in [-0.1, -0.05) is 33.6 Å². The van der Waals surface area contributed by atoms with E-state index in [1.54, 1.807) is 0 Å². The van der Waals surface area contributed by atoms with E-state index in [0.717, 1.165) is 19.3 Å². The molecule has 1 amide bonds. The van der Waals surface area contributed by atoms with E-state index in [9.17, 15) is 9.59 Å². The average Bonchev–Trinajstić information content (AvgIpc) is 2.27. The summed E-state index contributed by atoms with van der Waals surface area (Å²) in [6, 6.07) is -0.741. The van der Waals surface area contributed by atoms with Crippen LogP contribution < -0.4 is 5.32 Å². The van der Waals surface area contributed by atoms with Crippen molar-refractivity contribution in [1.82, 2.24) is 5.32 Å². The standard InChI is InChI=1S/C14H25NO3/c1-9(2)7-12(14(17)18)15-13(16)11-6-4-5-10(3)8-11/h9-12H,4-8H2,1-3H3,(H,15,16)(H,17,18)/t10-,11-,12-/m0/s1. The molecule has 4 nitrogen and oxygen atoms in total. The lowest BCUT2D eigenvalue weighted by atomic mass is 9.82. The fraction of sp³-hybridized carbons (Fsp3) is 0.857. The Labute approximate surface area is 109 Å². The minimum Gasteiger partial charge on any atom is -0.480 e. The normalized spacial score (nSPS) is 25.8. The van der Waals surface area contributed by atoms with Crippen molar-refractivity contribution in [2.45, 2.75) is 58.9 Å². The summed E-state index contributed by atoms with van der Waals surface area (Å²) in [5.74, 6) is -0.169. The predicted molar refractivity (Wildman–Crippen MR) is 70.1 cm³/mol. The van der Waals surface area contributed by atoms with E-state index in [2.05, 4.69) is 12.2 Å². The Morgan fingerprint density at radius 1 is 1.33 bits per heavy atom. The largest absolute Gasteiger partial charge is 0.480 e. The Morgan fingerprint density at radius 3 is 2.50 bits per heavy atom. The van der Waals surface area contributed by atoms with Crippen molar-refractivity contribution in [3.8, 4) is 0 Å². The van der Waals surface area contributed by atoms with Gasteiger partial charge in [-0.05, 0) is 31.1 Å². The number of amides is 1. The van der Waals surface area contributed by atoms with Gasteiger partial charge < -0.3 is 10.4 Å². The highest BCUT2D eigenvalue weighted by Gasteiger charge is 2.28. The average molecular weight is 255 g/mol. The maximum atomic E-state index is 12.1. The van der Waals surface area contributed by atoms with Crippen LogP contribution in [-0.2, 0) is 9.59 Å². The molecule has 2 N–H and O–H groups in total. The summed E-state index contributed by atoms with van der Waals surface area (Å²) >= 11 is 0. The molecule has 104 valence electrons. The number of carbonyl (C=O) groups excluding carboxylic acids is 1. The fourth-order valence-electron chi connectivity index (χ4n) is 2.65. The summed E-state index contributed by atoms with van der Waals surface area (Å²) in [5, 5.41) is 11.8. The quantitative estimate of drug-likeness (QED) is 0.793. The third kappa shape index (κ3) is 4.67. The summed E-state index contributed by atoms with van der Waals surface area (Å²) in [5.41, 5.74) is 0. The van der Waals surface area contributed by atoms with Gasteiger partial charge >= 0.3 is 5.97 Å². The second kappa shape index (κ2) is 6.76. The lowest BCUT2D eigenvalue weighted by Gasteiger charge is -2.27. The van der Waals surface area contributed by atoms with Crippen LogP contribution in [0.4, 0.5) is 0 Å². The molecular formula is C14H25NO3. The number of carboxylic acid groups (broad SMARTS) is 1. The maximum absolute atomic E-state index is 12.1. The predicted octanol–water partition coefficient (Wildman–Crippen LogP) is 2.43. The SMILES string of the molecule is CC(C)C[C@H](NC(=O)[C@H]1CCC[C@H](C)C1)C(=O)O. The van der Waals surface area contributed by atoms with Gasteiger partial charge in [0.1, 0.15) is 6.04 Å². The molecule has 0 saturated heterocycles. The van der Waals surface area contributed by atoms with Crippen LogP contribution in [0.15, 0.2) is 0 Å². The van der Waals surface area contributed by atoms with Crippen molar-refractivity contribution >= 4 is 11.9 Å². The van der Waals surface area contributed by atoms with Gasteiger partial charge in [0.2, 0.25) is 5.91 Å². The van der Waals surface area contributed by atoms with Gasteiger partial charge in [0, 0.05) is 5.92 Å². The first-order chi connectivity index (χ1) is 8.40. The lowest BCUT2D eigenvalue weighted by Crippen LogP contribution is -2.45. The van der Waals surface area contributed by atoms with E-state index in [1.165, 1.54) is 6.42 Å². The van der Waals surface area contributed by atoms with Gasteiger partial charge in [-0.25, -0.2) is 4.79 Å². The molecule has 0 bridgehead atoms. The summed E-state index contributed by atoms with van der Waals surface area (Å²) in [4.78, 5) is 23.2. The van der Waals surface area contributed by atoms with E-state index in [-0.39, 0.29) is 17.7 Å². The number of nitrogens with one attached hydrogen (secondary N) is 1. The highest BCUT2D eigenvalue weighted by atomic mass is 16.4. The van der Waals surface area contributed by atoms with Crippen molar-refractivity contribution in [3.05, 3.63) is 0 Å². The van der Waals surface area contributed by atoms with Crippen LogP contribution >= 0.6 is 0 Å². The molecule has 0 unspecified atom stereocenters. The van der Waals surface area contributed by atoms with Gasteiger partial charge in [0.25, 0.3) is 0 Å². The molecular weight excluding hydrogens is 230 g/mol. The third-order valence-corrected chi connectivity index (χ3v) is 3.63. The van der Waals surface area contributed by atoms with Crippen LogP contribution in [0.25, 0.3) is 0 Å². The van der Waals surface area contributed by atoms with E-state index in [0.29, 0.717) is 12.3 Å². The molecule has 1 rings (SSSR count). The molecule has 1 aliphatic rings. The van der Waals surface area contributed by atoms with Crippen LogP contribution in [0.5, 0.6) is 0 Å². The van der Waals surface area contributed by atoms with Crippen molar-refractivity contribution in [3.63, 3.8) is 0 Å². The molecule has 0 heterocycles. The maximum Gasteiger partial charge on any atom is 0.326 e. The minimum atomic E-state index is -0.930. The van der Waals surface area contributed by atoms with Crippen molar-refractivity contribution < 1.29 is 14.7 Å². The Bertz CT molecular complexity index is 301. The first-order valence-corrected chi connectivity index (χ1v) is 6.93. The third-order valence-electron chi connectivity index (χ3n) is 3.63. The zero-order chi connectivity index (χ0) is 13.7. The smallest absolute Gasteiger partial charge is 0.326 e. The summed E-state index contributed by atoms with van der Waals surface area (Å²) in [6.07, 6.45) is 4.52. The van der Waals surface area contributed by atoms with Crippen molar-refractivity contribution in [2.75, 3.05) is 0 Å². The molecule has 4 heteroatoms. The first kappa shape index (κ1) is 15.0. The Kier molecular flexibility index (Phi) is 5.63. The second-order valence-electron chi connectivity index (χ2n) is 6.00. The molecule has 1 saturated carbocycles. The van der Waals surface area contributed by atoms with Gasteiger partial charge in [-0.3, -0.25) is 4.79 Å². The van der Waals surface area contributed by atoms with E-state index in [1.807, 2.05) is 13.8 Å². The zero-order valence-corrected chi connectivity index (χ0v) is 11.6.